The molecule has 2 aliphatic heterocycles. The van der Waals surface area contributed by atoms with Gasteiger partial charge in [-0.25, -0.2) is 0 Å². The van der Waals surface area contributed by atoms with Crippen molar-refractivity contribution in [3.8, 4) is 0 Å². The van der Waals surface area contributed by atoms with Crippen LogP contribution >= 0.6 is 11.8 Å². The minimum absolute atomic E-state index is 0.485. The summed E-state index contributed by atoms with van der Waals surface area (Å²) in [6.45, 7) is 13.5. The molecule has 0 saturated carbocycles. The SMILES string of the molecule is CCC1(CN2CCSC(C)(C)CC2)CCCNC1. The third kappa shape index (κ3) is 3.88. The smallest absolute Gasteiger partial charge is 0.0116 e. The van der Waals surface area contributed by atoms with Crippen molar-refractivity contribution in [2.24, 2.45) is 5.41 Å². The third-order valence-corrected chi connectivity index (χ3v) is 6.17. The van der Waals surface area contributed by atoms with Crippen LogP contribution in [0.5, 0.6) is 0 Å². The van der Waals surface area contributed by atoms with E-state index in [1.165, 1.54) is 64.2 Å². The highest BCUT2D eigenvalue weighted by Gasteiger charge is 2.33. The summed E-state index contributed by atoms with van der Waals surface area (Å²) in [6, 6.07) is 0. The van der Waals surface area contributed by atoms with E-state index in [1.807, 2.05) is 0 Å². The van der Waals surface area contributed by atoms with Gasteiger partial charge in [-0.2, -0.15) is 11.8 Å². The average molecular weight is 270 g/mol. The molecule has 0 aliphatic carbocycles. The van der Waals surface area contributed by atoms with E-state index in [2.05, 4.69) is 42.7 Å². The summed E-state index contributed by atoms with van der Waals surface area (Å²) in [5.74, 6) is 1.31. The molecule has 0 radical (unpaired) electrons. The Bertz CT molecular complexity index is 259. The van der Waals surface area contributed by atoms with Gasteiger partial charge in [0, 0.05) is 30.1 Å². The average Bonchev–Trinajstić information content (AvgIpc) is 2.52. The number of nitrogens with zero attached hydrogens (tertiary/aromatic N) is 1. The van der Waals surface area contributed by atoms with Crippen LogP contribution < -0.4 is 5.32 Å². The third-order valence-electron chi connectivity index (χ3n) is 4.80. The zero-order valence-corrected chi connectivity index (χ0v) is 13.2. The molecular weight excluding hydrogens is 240 g/mol. The zero-order valence-electron chi connectivity index (χ0n) is 12.4. The highest BCUT2D eigenvalue weighted by molar-refractivity contribution is 8.00. The fourth-order valence-electron chi connectivity index (χ4n) is 3.27. The topological polar surface area (TPSA) is 15.3 Å². The van der Waals surface area contributed by atoms with Crippen molar-refractivity contribution < 1.29 is 0 Å². The second kappa shape index (κ2) is 6.15. The molecule has 2 saturated heterocycles. The van der Waals surface area contributed by atoms with Gasteiger partial charge in [0.25, 0.3) is 0 Å². The second-order valence-electron chi connectivity index (χ2n) is 6.77. The maximum atomic E-state index is 3.62. The molecule has 1 atom stereocenters. The van der Waals surface area contributed by atoms with Crippen molar-refractivity contribution in [2.75, 3.05) is 38.5 Å². The molecule has 2 aliphatic rings. The predicted molar refractivity (Wildman–Crippen MR) is 82.4 cm³/mol. The summed E-state index contributed by atoms with van der Waals surface area (Å²) in [7, 11) is 0. The lowest BCUT2D eigenvalue weighted by Gasteiger charge is -2.40. The minimum atomic E-state index is 0.485. The molecule has 2 fully saturated rings. The van der Waals surface area contributed by atoms with Crippen molar-refractivity contribution in [3.63, 3.8) is 0 Å². The van der Waals surface area contributed by atoms with Crippen molar-refractivity contribution >= 4 is 11.8 Å². The van der Waals surface area contributed by atoms with E-state index < -0.39 is 0 Å². The summed E-state index contributed by atoms with van der Waals surface area (Å²) in [4.78, 5) is 2.73. The van der Waals surface area contributed by atoms with Gasteiger partial charge >= 0.3 is 0 Å². The van der Waals surface area contributed by atoms with Gasteiger partial charge in [-0.15, -0.1) is 0 Å². The van der Waals surface area contributed by atoms with Gasteiger partial charge in [0.2, 0.25) is 0 Å². The minimum Gasteiger partial charge on any atom is -0.316 e. The van der Waals surface area contributed by atoms with Crippen LogP contribution in [0.2, 0.25) is 0 Å². The van der Waals surface area contributed by atoms with Gasteiger partial charge in [-0.05, 0) is 44.2 Å². The molecule has 0 amide bonds. The first-order valence-corrected chi connectivity index (χ1v) is 8.61. The van der Waals surface area contributed by atoms with E-state index in [1.54, 1.807) is 0 Å². The fraction of sp³-hybridized carbons (Fsp3) is 1.00. The van der Waals surface area contributed by atoms with E-state index in [0.717, 1.165) is 0 Å². The van der Waals surface area contributed by atoms with Crippen LogP contribution in [0.3, 0.4) is 0 Å². The molecule has 2 nitrogen and oxygen atoms in total. The van der Waals surface area contributed by atoms with Crippen molar-refractivity contribution in [1.82, 2.24) is 10.2 Å². The van der Waals surface area contributed by atoms with E-state index >= 15 is 0 Å². The van der Waals surface area contributed by atoms with Crippen LogP contribution in [0.4, 0.5) is 0 Å². The Labute approximate surface area is 117 Å². The van der Waals surface area contributed by atoms with Gasteiger partial charge in [-0.1, -0.05) is 20.8 Å². The summed E-state index contributed by atoms with van der Waals surface area (Å²) in [5.41, 5.74) is 0.553. The summed E-state index contributed by atoms with van der Waals surface area (Å²) in [6.07, 6.45) is 5.45. The van der Waals surface area contributed by atoms with Crippen LogP contribution in [0.1, 0.15) is 46.5 Å². The summed E-state index contributed by atoms with van der Waals surface area (Å²) < 4.78 is 0.485. The molecule has 1 N–H and O–H groups in total. The summed E-state index contributed by atoms with van der Waals surface area (Å²) >= 11 is 2.16. The first-order chi connectivity index (χ1) is 8.55. The molecule has 0 bridgehead atoms. The van der Waals surface area contributed by atoms with E-state index in [-0.39, 0.29) is 0 Å². The molecule has 2 rings (SSSR count). The fourth-order valence-corrected chi connectivity index (χ4v) is 4.41. The highest BCUT2D eigenvalue weighted by atomic mass is 32.2. The van der Waals surface area contributed by atoms with Crippen LogP contribution in [-0.4, -0.2) is 48.1 Å². The molecule has 3 heteroatoms. The number of nitrogens with one attached hydrogen (secondary N) is 1. The van der Waals surface area contributed by atoms with Gasteiger partial charge in [-0.3, -0.25) is 0 Å². The number of rotatable bonds is 3. The number of hydrogen-bond donors (Lipinski definition) is 1. The molecule has 0 aromatic rings. The maximum Gasteiger partial charge on any atom is 0.0116 e. The lowest BCUT2D eigenvalue weighted by molar-refractivity contribution is 0.115. The normalized spacial score (nSPS) is 34.2. The molecule has 2 heterocycles. The van der Waals surface area contributed by atoms with E-state index in [0.29, 0.717) is 10.2 Å². The highest BCUT2D eigenvalue weighted by Crippen LogP contribution is 2.34. The van der Waals surface area contributed by atoms with Gasteiger partial charge in [0.1, 0.15) is 0 Å². The Morgan fingerprint density at radius 2 is 2.06 bits per heavy atom. The van der Waals surface area contributed by atoms with Crippen LogP contribution in [-0.2, 0) is 0 Å². The molecule has 0 aromatic carbocycles. The molecule has 0 aromatic heterocycles. The van der Waals surface area contributed by atoms with Gasteiger partial charge in [0.15, 0.2) is 0 Å². The van der Waals surface area contributed by atoms with Crippen molar-refractivity contribution in [1.29, 1.82) is 0 Å². The van der Waals surface area contributed by atoms with Crippen LogP contribution in [0, 0.1) is 5.41 Å². The first kappa shape index (κ1) is 14.7. The van der Waals surface area contributed by atoms with Crippen LogP contribution in [0.15, 0.2) is 0 Å². The largest absolute Gasteiger partial charge is 0.316 e. The Morgan fingerprint density at radius 1 is 1.22 bits per heavy atom. The lowest BCUT2D eigenvalue weighted by Crippen LogP contribution is -2.47. The van der Waals surface area contributed by atoms with E-state index in [9.17, 15) is 0 Å². The summed E-state index contributed by atoms with van der Waals surface area (Å²) in [5, 5.41) is 3.62. The monoisotopic (exact) mass is 270 g/mol. The number of hydrogen-bond acceptors (Lipinski definition) is 3. The number of thioether (sulfide) groups is 1. The molecule has 1 unspecified atom stereocenters. The maximum absolute atomic E-state index is 3.62. The molecule has 0 spiro atoms. The van der Waals surface area contributed by atoms with Crippen LogP contribution in [0.25, 0.3) is 0 Å². The van der Waals surface area contributed by atoms with Crippen molar-refractivity contribution in [3.05, 3.63) is 0 Å². The first-order valence-electron chi connectivity index (χ1n) is 7.62. The second-order valence-corrected chi connectivity index (χ2v) is 8.57. The standard InChI is InChI=1S/C15H30N2S/c1-4-15(6-5-8-16-12-15)13-17-9-7-14(2,3)18-11-10-17/h16H,4-13H2,1-3H3. The Kier molecular flexibility index (Phi) is 5.01. The lowest BCUT2D eigenvalue weighted by atomic mass is 9.78. The van der Waals surface area contributed by atoms with Crippen molar-refractivity contribution in [2.45, 2.75) is 51.2 Å². The van der Waals surface area contributed by atoms with E-state index in [4.69, 9.17) is 0 Å². The molecule has 18 heavy (non-hydrogen) atoms. The predicted octanol–water partition coefficient (Wildman–Crippen LogP) is 2.98. The quantitative estimate of drug-likeness (QED) is 0.849. The molecular formula is C15H30N2S. The molecule has 106 valence electrons. The zero-order chi connectivity index (χ0) is 13.1. The van der Waals surface area contributed by atoms with Gasteiger partial charge in [0.05, 0.1) is 0 Å². The Morgan fingerprint density at radius 3 is 2.72 bits per heavy atom. The van der Waals surface area contributed by atoms with Gasteiger partial charge < -0.3 is 10.2 Å². The Balaban J connectivity index is 1.91. The number of piperidine rings is 1. The Hall–Kier alpha value is 0.270.